The number of hydrogen-bond acceptors (Lipinski definition) is 6. The van der Waals surface area contributed by atoms with E-state index in [0.717, 1.165) is 11.3 Å². The second-order valence-corrected chi connectivity index (χ2v) is 8.37. The zero-order chi connectivity index (χ0) is 24.6. The number of allylic oxidation sites excluding steroid dienone is 1. The van der Waals surface area contributed by atoms with Crippen molar-refractivity contribution in [3.8, 4) is 5.69 Å². The Morgan fingerprint density at radius 2 is 2.03 bits per heavy atom. The Bertz CT molecular complexity index is 1240. The van der Waals surface area contributed by atoms with Gasteiger partial charge >= 0.3 is 0 Å². The smallest absolute Gasteiger partial charge is 0.254 e. The maximum Gasteiger partial charge on any atom is 0.254 e. The van der Waals surface area contributed by atoms with Crippen LogP contribution < -0.4 is 16.0 Å². The van der Waals surface area contributed by atoms with Crippen molar-refractivity contribution in [1.82, 2.24) is 30.8 Å². The number of nitrogens with zero attached hydrogens (tertiary/aromatic N) is 4. The van der Waals surface area contributed by atoms with Crippen LogP contribution in [0.4, 0.5) is 5.69 Å². The monoisotopic (exact) mass is 493 g/mol. The van der Waals surface area contributed by atoms with Crippen LogP contribution in [-0.4, -0.2) is 50.5 Å². The summed E-state index contributed by atoms with van der Waals surface area (Å²) in [4.78, 5) is 38.1. The van der Waals surface area contributed by atoms with E-state index in [4.69, 9.17) is 11.6 Å². The summed E-state index contributed by atoms with van der Waals surface area (Å²) in [5, 5.41) is 20.3. The van der Waals surface area contributed by atoms with Crippen molar-refractivity contribution in [3.05, 3.63) is 77.1 Å². The van der Waals surface area contributed by atoms with Gasteiger partial charge in [-0.3, -0.25) is 14.4 Å². The summed E-state index contributed by atoms with van der Waals surface area (Å²) < 4.78 is 1.53. The highest BCUT2D eigenvalue weighted by Gasteiger charge is 2.22. The Hall–Kier alpha value is -4.05. The van der Waals surface area contributed by atoms with Crippen LogP contribution in [-0.2, 0) is 16.0 Å². The van der Waals surface area contributed by atoms with Crippen LogP contribution in [0.5, 0.6) is 0 Å². The fourth-order valence-electron chi connectivity index (χ4n) is 3.73. The molecule has 1 aromatic heterocycles. The average Bonchev–Trinajstić information content (AvgIpc) is 3.37. The van der Waals surface area contributed by atoms with Gasteiger partial charge in [-0.2, -0.15) is 0 Å². The molecule has 0 aliphatic carbocycles. The Morgan fingerprint density at radius 1 is 1.17 bits per heavy atom. The van der Waals surface area contributed by atoms with Crippen molar-refractivity contribution in [2.45, 2.75) is 31.7 Å². The minimum Gasteiger partial charge on any atom is -0.354 e. The van der Waals surface area contributed by atoms with Gasteiger partial charge in [-0.1, -0.05) is 35.9 Å². The molecular formula is C24H24ClN7O3. The predicted octanol–water partition coefficient (Wildman–Crippen LogP) is 2.45. The molecule has 3 N–H and O–H groups in total. The molecule has 35 heavy (non-hydrogen) atoms. The van der Waals surface area contributed by atoms with E-state index in [9.17, 15) is 14.4 Å². The van der Waals surface area contributed by atoms with Crippen molar-refractivity contribution in [1.29, 1.82) is 0 Å². The number of carbonyl (C=O) groups is 3. The summed E-state index contributed by atoms with van der Waals surface area (Å²) in [5.74, 6) is -0.926. The van der Waals surface area contributed by atoms with Gasteiger partial charge in [0.05, 0.1) is 16.9 Å². The molecule has 0 saturated carbocycles. The van der Waals surface area contributed by atoms with E-state index >= 15 is 0 Å². The lowest BCUT2D eigenvalue weighted by Crippen LogP contribution is -2.47. The molecule has 2 aromatic carbocycles. The van der Waals surface area contributed by atoms with E-state index in [2.05, 4.69) is 31.5 Å². The van der Waals surface area contributed by atoms with Crippen molar-refractivity contribution in [3.63, 3.8) is 0 Å². The minimum absolute atomic E-state index is 0.174. The molecule has 2 heterocycles. The quantitative estimate of drug-likeness (QED) is 0.468. The molecule has 1 aliphatic rings. The molecule has 0 fully saturated rings. The zero-order valence-electron chi connectivity index (χ0n) is 18.8. The summed E-state index contributed by atoms with van der Waals surface area (Å²) in [6.07, 6.45) is 6.72. The SMILES string of the molecule is O=C1CC/C=C\C[C@@H](C(=O)NCCc2cc(Cl)ccc2-n2cnnn2)NC(=O)c2ccccc2N1. The van der Waals surface area contributed by atoms with Crippen molar-refractivity contribution in [2.24, 2.45) is 0 Å². The van der Waals surface area contributed by atoms with E-state index in [0.29, 0.717) is 42.1 Å². The van der Waals surface area contributed by atoms with Gasteiger partial charge in [0.25, 0.3) is 5.91 Å². The summed E-state index contributed by atoms with van der Waals surface area (Å²) >= 11 is 6.17. The topological polar surface area (TPSA) is 131 Å². The number of amides is 3. The van der Waals surface area contributed by atoms with Gasteiger partial charge in [-0.25, -0.2) is 4.68 Å². The minimum atomic E-state index is -0.778. The number of fused-ring (bicyclic) bond motifs is 1. The van der Waals surface area contributed by atoms with Gasteiger partial charge in [0, 0.05) is 18.0 Å². The van der Waals surface area contributed by atoms with Crippen LogP contribution in [0.2, 0.25) is 5.02 Å². The third-order valence-electron chi connectivity index (χ3n) is 5.48. The number of benzene rings is 2. The van der Waals surface area contributed by atoms with E-state index in [1.807, 2.05) is 12.1 Å². The molecule has 0 unspecified atom stereocenters. The maximum atomic E-state index is 13.0. The first kappa shape index (κ1) is 24.1. The molecule has 0 spiro atoms. The molecule has 0 bridgehead atoms. The summed E-state index contributed by atoms with van der Waals surface area (Å²) in [6.45, 7) is 0.316. The van der Waals surface area contributed by atoms with Gasteiger partial charge in [0.15, 0.2) is 0 Å². The van der Waals surface area contributed by atoms with Crippen LogP contribution in [0.3, 0.4) is 0 Å². The molecule has 3 amide bonds. The number of tetrazole rings is 1. The number of hydrogen-bond donors (Lipinski definition) is 3. The molecule has 1 atom stereocenters. The van der Waals surface area contributed by atoms with E-state index < -0.39 is 11.9 Å². The van der Waals surface area contributed by atoms with Crippen molar-refractivity contribution >= 4 is 35.0 Å². The third kappa shape index (κ3) is 6.30. The Kier molecular flexibility index (Phi) is 7.84. The Balaban J connectivity index is 1.45. The van der Waals surface area contributed by atoms with Gasteiger partial charge in [0.2, 0.25) is 11.8 Å². The van der Waals surface area contributed by atoms with Crippen LogP contribution in [0, 0.1) is 0 Å². The maximum absolute atomic E-state index is 13.0. The molecular weight excluding hydrogens is 470 g/mol. The fourth-order valence-corrected chi connectivity index (χ4v) is 3.92. The highest BCUT2D eigenvalue weighted by atomic mass is 35.5. The van der Waals surface area contributed by atoms with Crippen molar-refractivity contribution < 1.29 is 14.4 Å². The van der Waals surface area contributed by atoms with E-state index in [1.54, 1.807) is 42.5 Å². The summed E-state index contributed by atoms with van der Waals surface area (Å²) in [5.41, 5.74) is 2.33. The average molecular weight is 494 g/mol. The Labute approximate surface area is 206 Å². The van der Waals surface area contributed by atoms with Crippen LogP contribution >= 0.6 is 11.6 Å². The number of halogens is 1. The number of anilines is 1. The fraction of sp³-hybridized carbons (Fsp3) is 0.250. The summed E-state index contributed by atoms with van der Waals surface area (Å²) in [6, 6.07) is 11.3. The van der Waals surface area contributed by atoms with Gasteiger partial charge < -0.3 is 16.0 Å². The van der Waals surface area contributed by atoms with E-state index in [1.165, 1.54) is 11.0 Å². The largest absolute Gasteiger partial charge is 0.354 e. The molecule has 10 nitrogen and oxygen atoms in total. The number of rotatable bonds is 5. The molecule has 0 saturated heterocycles. The van der Waals surface area contributed by atoms with Gasteiger partial charge in [0.1, 0.15) is 12.4 Å². The second-order valence-electron chi connectivity index (χ2n) is 7.93. The first-order chi connectivity index (χ1) is 17.0. The molecule has 3 aromatic rings. The first-order valence-electron chi connectivity index (χ1n) is 11.2. The second kappa shape index (κ2) is 11.4. The van der Waals surface area contributed by atoms with E-state index in [-0.39, 0.29) is 18.2 Å². The predicted molar refractivity (Wildman–Crippen MR) is 130 cm³/mol. The molecule has 11 heteroatoms. The standard InChI is InChI=1S/C24H24ClN7O3/c25-17-10-11-21(32-15-27-30-31-32)16(14-17)12-13-26-24(35)20-8-2-1-3-9-22(33)28-19-7-5-4-6-18(19)23(34)29-20/h1-2,4-7,10-11,14-15,20H,3,8-9,12-13H2,(H,26,35)(H,28,33)(H,29,34)/b2-1-/t20-/m0/s1. The third-order valence-corrected chi connectivity index (χ3v) is 5.71. The first-order valence-corrected chi connectivity index (χ1v) is 11.5. The lowest BCUT2D eigenvalue weighted by Gasteiger charge is -2.19. The number of nitrogens with one attached hydrogen (secondary N) is 3. The molecule has 4 rings (SSSR count). The van der Waals surface area contributed by atoms with Gasteiger partial charge in [-0.15, -0.1) is 5.10 Å². The summed E-state index contributed by atoms with van der Waals surface area (Å²) in [7, 11) is 0. The van der Waals surface area contributed by atoms with Crippen molar-refractivity contribution in [2.75, 3.05) is 11.9 Å². The highest BCUT2D eigenvalue weighted by molar-refractivity contribution is 6.30. The number of aromatic nitrogens is 4. The molecule has 0 radical (unpaired) electrons. The van der Waals surface area contributed by atoms with Crippen LogP contribution in [0.25, 0.3) is 5.69 Å². The lowest BCUT2D eigenvalue weighted by molar-refractivity contribution is -0.123. The Morgan fingerprint density at radius 3 is 2.86 bits per heavy atom. The normalized spacial score (nSPS) is 17.2. The molecule has 180 valence electrons. The lowest BCUT2D eigenvalue weighted by atomic mass is 10.1. The highest BCUT2D eigenvalue weighted by Crippen LogP contribution is 2.20. The van der Waals surface area contributed by atoms with Crippen LogP contribution in [0.15, 0.2) is 60.9 Å². The molecule has 1 aliphatic heterocycles. The number of para-hydroxylation sites is 1. The van der Waals surface area contributed by atoms with Gasteiger partial charge in [-0.05, 0) is 65.6 Å². The number of carbonyl (C=O) groups excluding carboxylic acids is 3. The zero-order valence-corrected chi connectivity index (χ0v) is 19.5. The van der Waals surface area contributed by atoms with Crippen LogP contribution in [0.1, 0.15) is 35.2 Å².